The predicted octanol–water partition coefficient (Wildman–Crippen LogP) is 2.46. The third-order valence-corrected chi connectivity index (χ3v) is 6.21. The quantitative estimate of drug-likeness (QED) is 0.746. The lowest BCUT2D eigenvalue weighted by Crippen LogP contribution is -2.49. The Balaban J connectivity index is 1.40. The molecule has 0 aromatic heterocycles. The van der Waals surface area contributed by atoms with Crippen molar-refractivity contribution < 1.29 is 14.3 Å². The normalized spacial score (nSPS) is 20.1. The highest BCUT2D eigenvalue weighted by atomic mass is 16.5. The standard InChI is InChI=1S/C25H31N3O3/c29-23-12-11-22(19-28(23)14-13-27-15-17-31-18-16-27)25(30)26-24(20-7-3-1-4-8-20)21-9-5-2-6-10-21/h1-10,22,24H,11-19H2,(H,26,30)/t22-/m1/s1. The van der Waals surface area contributed by atoms with Crippen LogP contribution in [0.25, 0.3) is 0 Å². The molecule has 0 aliphatic carbocycles. The Morgan fingerprint density at radius 2 is 1.58 bits per heavy atom. The van der Waals surface area contributed by atoms with Crippen molar-refractivity contribution in [2.45, 2.75) is 18.9 Å². The van der Waals surface area contributed by atoms with E-state index in [-0.39, 0.29) is 23.8 Å². The fourth-order valence-corrected chi connectivity index (χ4v) is 4.34. The van der Waals surface area contributed by atoms with Gasteiger partial charge in [0.2, 0.25) is 11.8 Å². The first-order chi connectivity index (χ1) is 15.2. The van der Waals surface area contributed by atoms with Gasteiger partial charge in [0.05, 0.1) is 25.2 Å². The molecule has 2 aromatic carbocycles. The van der Waals surface area contributed by atoms with Gasteiger partial charge in [0.25, 0.3) is 0 Å². The number of rotatable bonds is 7. The molecule has 2 saturated heterocycles. The summed E-state index contributed by atoms with van der Waals surface area (Å²) in [4.78, 5) is 29.9. The predicted molar refractivity (Wildman–Crippen MR) is 119 cm³/mol. The van der Waals surface area contributed by atoms with Crippen LogP contribution < -0.4 is 5.32 Å². The van der Waals surface area contributed by atoms with E-state index in [1.807, 2.05) is 65.6 Å². The molecule has 2 heterocycles. The minimum atomic E-state index is -0.200. The number of nitrogens with zero attached hydrogens (tertiary/aromatic N) is 2. The summed E-state index contributed by atoms with van der Waals surface area (Å²) < 4.78 is 5.40. The molecule has 2 aromatic rings. The molecule has 6 nitrogen and oxygen atoms in total. The number of ether oxygens (including phenoxy) is 1. The zero-order valence-corrected chi connectivity index (χ0v) is 17.9. The lowest BCUT2D eigenvalue weighted by molar-refractivity contribution is -0.138. The van der Waals surface area contributed by atoms with E-state index in [4.69, 9.17) is 4.74 Å². The SMILES string of the molecule is O=C(NC(c1ccccc1)c1ccccc1)[C@@H]1CCC(=O)N(CCN2CCOCC2)C1. The van der Waals surface area contributed by atoms with Gasteiger partial charge in [0.1, 0.15) is 0 Å². The molecule has 4 rings (SSSR count). The van der Waals surface area contributed by atoms with Crippen LogP contribution in [0, 0.1) is 5.92 Å². The molecule has 0 radical (unpaired) electrons. The topological polar surface area (TPSA) is 61.9 Å². The largest absolute Gasteiger partial charge is 0.379 e. The first kappa shape index (κ1) is 21.5. The van der Waals surface area contributed by atoms with Crippen molar-refractivity contribution in [1.29, 1.82) is 0 Å². The van der Waals surface area contributed by atoms with Gasteiger partial charge in [-0.05, 0) is 17.5 Å². The summed E-state index contributed by atoms with van der Waals surface area (Å²) >= 11 is 0. The average molecular weight is 422 g/mol. The lowest BCUT2D eigenvalue weighted by Gasteiger charge is -2.35. The number of piperidine rings is 1. The number of carbonyl (C=O) groups excluding carboxylic acids is 2. The number of hydrogen-bond donors (Lipinski definition) is 1. The van der Waals surface area contributed by atoms with Crippen molar-refractivity contribution in [3.05, 3.63) is 71.8 Å². The van der Waals surface area contributed by atoms with Gasteiger partial charge in [-0.1, -0.05) is 60.7 Å². The van der Waals surface area contributed by atoms with Crippen molar-refractivity contribution in [3.8, 4) is 0 Å². The van der Waals surface area contributed by atoms with Gasteiger partial charge in [-0.25, -0.2) is 0 Å². The Morgan fingerprint density at radius 1 is 0.968 bits per heavy atom. The van der Waals surface area contributed by atoms with Crippen LogP contribution in [-0.2, 0) is 14.3 Å². The van der Waals surface area contributed by atoms with Crippen molar-refractivity contribution in [2.75, 3.05) is 45.9 Å². The van der Waals surface area contributed by atoms with E-state index >= 15 is 0 Å². The molecule has 0 bridgehead atoms. The van der Waals surface area contributed by atoms with Crippen LogP contribution >= 0.6 is 0 Å². The monoisotopic (exact) mass is 421 g/mol. The van der Waals surface area contributed by atoms with Crippen molar-refractivity contribution in [1.82, 2.24) is 15.1 Å². The Hall–Kier alpha value is -2.70. The molecule has 0 unspecified atom stereocenters. The molecule has 2 aliphatic heterocycles. The van der Waals surface area contributed by atoms with Crippen LogP contribution in [-0.4, -0.2) is 67.6 Å². The maximum absolute atomic E-state index is 13.2. The average Bonchev–Trinajstić information content (AvgIpc) is 2.83. The Labute approximate surface area is 184 Å². The first-order valence-corrected chi connectivity index (χ1v) is 11.2. The maximum atomic E-state index is 13.2. The molecular weight excluding hydrogens is 390 g/mol. The summed E-state index contributed by atoms with van der Waals surface area (Å²) in [5.41, 5.74) is 2.11. The van der Waals surface area contributed by atoms with Gasteiger partial charge < -0.3 is 15.0 Å². The van der Waals surface area contributed by atoms with Crippen molar-refractivity contribution >= 4 is 11.8 Å². The number of morpholine rings is 1. The second kappa shape index (κ2) is 10.6. The lowest BCUT2D eigenvalue weighted by atomic mass is 9.94. The van der Waals surface area contributed by atoms with Gasteiger partial charge in [0, 0.05) is 39.1 Å². The highest BCUT2D eigenvalue weighted by Gasteiger charge is 2.31. The number of carbonyl (C=O) groups is 2. The van der Waals surface area contributed by atoms with E-state index in [2.05, 4.69) is 10.2 Å². The van der Waals surface area contributed by atoms with Gasteiger partial charge in [-0.2, -0.15) is 0 Å². The number of likely N-dealkylation sites (tertiary alicyclic amines) is 1. The van der Waals surface area contributed by atoms with Gasteiger partial charge >= 0.3 is 0 Å². The van der Waals surface area contributed by atoms with Crippen LogP contribution in [0.2, 0.25) is 0 Å². The molecule has 6 heteroatoms. The third-order valence-electron chi connectivity index (χ3n) is 6.21. The number of hydrogen-bond acceptors (Lipinski definition) is 4. The first-order valence-electron chi connectivity index (χ1n) is 11.2. The summed E-state index contributed by atoms with van der Waals surface area (Å²) in [6.45, 7) is 5.30. The number of benzene rings is 2. The van der Waals surface area contributed by atoms with Gasteiger partial charge in [-0.3, -0.25) is 14.5 Å². The van der Waals surface area contributed by atoms with Crippen molar-refractivity contribution in [3.63, 3.8) is 0 Å². The molecule has 0 saturated carbocycles. The van der Waals surface area contributed by atoms with E-state index in [0.717, 1.165) is 44.0 Å². The molecular formula is C25H31N3O3. The summed E-state index contributed by atoms with van der Waals surface area (Å²) in [5, 5.41) is 3.26. The summed E-state index contributed by atoms with van der Waals surface area (Å²) in [7, 11) is 0. The van der Waals surface area contributed by atoms with Crippen LogP contribution in [0.5, 0.6) is 0 Å². The van der Waals surface area contributed by atoms with E-state index < -0.39 is 0 Å². The zero-order valence-electron chi connectivity index (χ0n) is 17.9. The highest BCUT2D eigenvalue weighted by Crippen LogP contribution is 2.24. The molecule has 164 valence electrons. The molecule has 1 N–H and O–H groups in total. The van der Waals surface area contributed by atoms with Crippen LogP contribution in [0.1, 0.15) is 30.0 Å². The van der Waals surface area contributed by atoms with E-state index in [1.54, 1.807) is 0 Å². The minimum Gasteiger partial charge on any atom is -0.379 e. The summed E-state index contributed by atoms with van der Waals surface area (Å²) in [6, 6.07) is 19.9. The molecule has 0 spiro atoms. The minimum absolute atomic E-state index is 0.0154. The van der Waals surface area contributed by atoms with E-state index in [1.165, 1.54) is 0 Å². The van der Waals surface area contributed by atoms with Gasteiger partial charge in [-0.15, -0.1) is 0 Å². The Kier molecular flexibility index (Phi) is 7.33. The molecule has 2 aliphatic rings. The van der Waals surface area contributed by atoms with Crippen LogP contribution in [0.15, 0.2) is 60.7 Å². The second-order valence-electron chi connectivity index (χ2n) is 8.29. The molecule has 2 amide bonds. The zero-order chi connectivity index (χ0) is 21.5. The van der Waals surface area contributed by atoms with E-state index in [0.29, 0.717) is 25.9 Å². The number of nitrogens with one attached hydrogen (secondary N) is 1. The summed E-state index contributed by atoms with van der Waals surface area (Å²) in [6.07, 6.45) is 1.04. The third kappa shape index (κ3) is 5.71. The fraction of sp³-hybridized carbons (Fsp3) is 0.440. The van der Waals surface area contributed by atoms with E-state index in [9.17, 15) is 9.59 Å². The maximum Gasteiger partial charge on any atom is 0.225 e. The molecule has 2 fully saturated rings. The molecule has 1 atom stereocenters. The number of amides is 2. The van der Waals surface area contributed by atoms with Crippen molar-refractivity contribution in [2.24, 2.45) is 5.92 Å². The van der Waals surface area contributed by atoms with Crippen LogP contribution in [0.3, 0.4) is 0 Å². The van der Waals surface area contributed by atoms with Crippen LogP contribution in [0.4, 0.5) is 0 Å². The second-order valence-corrected chi connectivity index (χ2v) is 8.29. The molecule has 31 heavy (non-hydrogen) atoms. The smallest absolute Gasteiger partial charge is 0.225 e. The Bertz CT molecular complexity index is 813. The summed E-state index contributed by atoms with van der Waals surface area (Å²) in [5.74, 6) is -0.0149. The fourth-order valence-electron chi connectivity index (χ4n) is 4.34. The Morgan fingerprint density at radius 3 is 2.19 bits per heavy atom. The van der Waals surface area contributed by atoms with Gasteiger partial charge in [0.15, 0.2) is 0 Å². The highest BCUT2D eigenvalue weighted by molar-refractivity contribution is 5.84.